The van der Waals surface area contributed by atoms with Crippen LogP contribution >= 0.6 is 11.6 Å². The van der Waals surface area contributed by atoms with Gasteiger partial charge in [-0.15, -0.1) is 0 Å². The summed E-state index contributed by atoms with van der Waals surface area (Å²) < 4.78 is 0. The van der Waals surface area contributed by atoms with E-state index in [4.69, 9.17) is 16.7 Å². The normalized spacial score (nSPS) is 14.4. The number of fused-ring (bicyclic) bond motifs is 1. The Bertz CT molecular complexity index is 830. The number of hydrogen-bond acceptors (Lipinski definition) is 5. The summed E-state index contributed by atoms with van der Waals surface area (Å²) in [6, 6.07) is 5.48. The van der Waals surface area contributed by atoms with Crippen molar-refractivity contribution in [3.63, 3.8) is 0 Å². The van der Waals surface area contributed by atoms with Crippen LogP contribution in [0.4, 0.5) is 10.7 Å². The molecule has 1 aromatic carbocycles. The van der Waals surface area contributed by atoms with E-state index in [0.29, 0.717) is 25.6 Å². The topological polar surface area (TPSA) is 90.4 Å². The van der Waals surface area contributed by atoms with Crippen LogP contribution in [0.25, 0.3) is 0 Å². The molecule has 1 aliphatic rings. The Labute approximate surface area is 163 Å². The third-order valence-corrected chi connectivity index (χ3v) is 4.97. The van der Waals surface area contributed by atoms with Crippen LogP contribution in [0.2, 0.25) is 5.02 Å². The second-order valence-electron chi connectivity index (χ2n) is 6.81. The number of urea groups is 1. The first-order chi connectivity index (χ1) is 13.0. The summed E-state index contributed by atoms with van der Waals surface area (Å²) >= 11 is 6.04. The Morgan fingerprint density at radius 2 is 2.26 bits per heavy atom. The van der Waals surface area contributed by atoms with Crippen LogP contribution in [0.1, 0.15) is 29.3 Å². The molecule has 27 heavy (non-hydrogen) atoms. The predicted octanol–water partition coefficient (Wildman–Crippen LogP) is 2.50. The van der Waals surface area contributed by atoms with Crippen molar-refractivity contribution in [1.29, 1.82) is 0 Å². The van der Waals surface area contributed by atoms with Crippen molar-refractivity contribution in [2.75, 3.05) is 18.5 Å². The van der Waals surface area contributed by atoms with Gasteiger partial charge in [-0.2, -0.15) is 0 Å². The zero-order valence-corrected chi connectivity index (χ0v) is 16.3. The number of carbonyl (C=O) groups is 1. The highest BCUT2D eigenvalue weighted by atomic mass is 35.5. The quantitative estimate of drug-likeness (QED) is 0.731. The lowest BCUT2D eigenvalue weighted by molar-refractivity contribution is 0.191. The molecule has 1 aromatic heterocycles. The number of nitrogens with one attached hydrogen (secondary N) is 2. The van der Waals surface area contributed by atoms with Gasteiger partial charge in [0.05, 0.1) is 18.8 Å². The molecular formula is C19H24ClN5O2. The number of aromatic nitrogens is 2. The summed E-state index contributed by atoms with van der Waals surface area (Å²) in [4.78, 5) is 23.1. The van der Waals surface area contributed by atoms with Gasteiger partial charge >= 0.3 is 6.03 Å². The first-order valence-corrected chi connectivity index (χ1v) is 9.34. The van der Waals surface area contributed by atoms with Crippen molar-refractivity contribution in [1.82, 2.24) is 20.2 Å². The zero-order valence-electron chi connectivity index (χ0n) is 15.5. The Morgan fingerprint density at radius 1 is 1.44 bits per heavy atom. The molecular weight excluding hydrogens is 366 g/mol. The number of anilines is 1. The molecule has 0 saturated carbocycles. The van der Waals surface area contributed by atoms with Gasteiger partial charge in [0.25, 0.3) is 0 Å². The highest BCUT2D eigenvalue weighted by molar-refractivity contribution is 6.31. The van der Waals surface area contributed by atoms with Crippen molar-refractivity contribution in [3.05, 3.63) is 51.8 Å². The molecule has 0 aliphatic carbocycles. The standard InChI is InChI=1S/C19H24ClN5O2/c1-12-7-14(3-4-16(12)20)8-22-19(27)25-6-5-15-9-21-18(23-13(2)11-26)24-17(15)10-25/h3-4,7,9,13,26H,5-6,8,10-11H2,1-2H3,(H,22,27)(H,21,23,24). The number of aliphatic hydroxyl groups excluding tert-OH is 1. The minimum absolute atomic E-state index is 0.000845. The molecule has 144 valence electrons. The molecule has 8 heteroatoms. The minimum atomic E-state index is -0.131. The van der Waals surface area contributed by atoms with Crippen LogP contribution in [0, 0.1) is 6.92 Å². The number of aryl methyl sites for hydroxylation is 1. The molecule has 1 unspecified atom stereocenters. The van der Waals surface area contributed by atoms with E-state index in [1.807, 2.05) is 32.0 Å². The van der Waals surface area contributed by atoms with Crippen LogP contribution in [0.15, 0.2) is 24.4 Å². The van der Waals surface area contributed by atoms with Gasteiger partial charge in [-0.25, -0.2) is 14.8 Å². The van der Waals surface area contributed by atoms with E-state index >= 15 is 0 Å². The summed E-state index contributed by atoms with van der Waals surface area (Å²) in [5, 5.41) is 15.9. The Balaban J connectivity index is 1.61. The Kier molecular flexibility index (Phi) is 6.13. The summed E-state index contributed by atoms with van der Waals surface area (Å²) in [6.45, 7) is 5.30. The van der Waals surface area contributed by atoms with E-state index in [0.717, 1.165) is 33.8 Å². The lowest BCUT2D eigenvalue weighted by Gasteiger charge is -2.28. The molecule has 7 nitrogen and oxygen atoms in total. The van der Waals surface area contributed by atoms with Crippen molar-refractivity contribution >= 4 is 23.6 Å². The van der Waals surface area contributed by atoms with Crippen LogP contribution < -0.4 is 10.6 Å². The predicted molar refractivity (Wildman–Crippen MR) is 105 cm³/mol. The van der Waals surface area contributed by atoms with E-state index in [1.54, 1.807) is 11.1 Å². The van der Waals surface area contributed by atoms with Crippen LogP contribution in [-0.2, 0) is 19.5 Å². The van der Waals surface area contributed by atoms with Crippen molar-refractivity contribution < 1.29 is 9.90 Å². The van der Waals surface area contributed by atoms with E-state index in [9.17, 15) is 4.79 Å². The molecule has 0 spiro atoms. The summed E-state index contributed by atoms with van der Waals surface area (Å²) in [5.41, 5.74) is 3.88. The van der Waals surface area contributed by atoms with Gasteiger partial charge in [-0.1, -0.05) is 23.7 Å². The van der Waals surface area contributed by atoms with E-state index < -0.39 is 0 Å². The van der Waals surface area contributed by atoms with Gasteiger partial charge in [0.15, 0.2) is 0 Å². The fraction of sp³-hybridized carbons (Fsp3) is 0.421. The highest BCUT2D eigenvalue weighted by Gasteiger charge is 2.22. The van der Waals surface area contributed by atoms with Crippen molar-refractivity contribution in [2.24, 2.45) is 0 Å². The number of carbonyl (C=O) groups excluding carboxylic acids is 1. The fourth-order valence-corrected chi connectivity index (χ4v) is 3.04. The van der Waals surface area contributed by atoms with Gasteiger partial charge in [0, 0.05) is 30.4 Å². The SMILES string of the molecule is Cc1cc(CNC(=O)N2CCc3cnc(NC(C)CO)nc3C2)ccc1Cl. The van der Waals surface area contributed by atoms with Crippen LogP contribution in [0.3, 0.4) is 0 Å². The molecule has 2 aromatic rings. The Hall–Kier alpha value is -2.38. The number of rotatable bonds is 5. The van der Waals surface area contributed by atoms with Gasteiger partial charge in [0.1, 0.15) is 0 Å². The van der Waals surface area contributed by atoms with Crippen LogP contribution in [0.5, 0.6) is 0 Å². The monoisotopic (exact) mass is 389 g/mol. The number of nitrogens with zero attached hydrogens (tertiary/aromatic N) is 3. The molecule has 0 bridgehead atoms. The molecule has 1 atom stereocenters. The van der Waals surface area contributed by atoms with E-state index in [2.05, 4.69) is 20.6 Å². The van der Waals surface area contributed by atoms with Crippen molar-refractivity contribution in [3.8, 4) is 0 Å². The molecule has 3 rings (SSSR count). The fourth-order valence-electron chi connectivity index (χ4n) is 2.92. The summed E-state index contributed by atoms with van der Waals surface area (Å²) in [5.74, 6) is 0.467. The maximum atomic E-state index is 12.5. The maximum absolute atomic E-state index is 12.5. The zero-order chi connectivity index (χ0) is 19.4. The second-order valence-corrected chi connectivity index (χ2v) is 7.21. The lowest BCUT2D eigenvalue weighted by Crippen LogP contribution is -2.42. The first-order valence-electron chi connectivity index (χ1n) is 8.96. The molecule has 2 amide bonds. The summed E-state index contributed by atoms with van der Waals surface area (Å²) in [7, 11) is 0. The molecule has 0 fully saturated rings. The third-order valence-electron chi connectivity index (χ3n) is 4.55. The largest absolute Gasteiger partial charge is 0.394 e. The number of hydrogen-bond donors (Lipinski definition) is 3. The van der Waals surface area contributed by atoms with E-state index in [-0.39, 0.29) is 18.7 Å². The smallest absolute Gasteiger partial charge is 0.318 e. The van der Waals surface area contributed by atoms with Gasteiger partial charge in [0.2, 0.25) is 5.95 Å². The number of aliphatic hydroxyl groups is 1. The second kappa shape index (κ2) is 8.54. The molecule has 1 aliphatic heterocycles. The first kappa shape index (κ1) is 19.4. The van der Waals surface area contributed by atoms with Gasteiger partial charge in [-0.3, -0.25) is 0 Å². The average Bonchev–Trinajstić information content (AvgIpc) is 2.68. The Morgan fingerprint density at radius 3 is 3.00 bits per heavy atom. The van der Waals surface area contributed by atoms with E-state index in [1.165, 1.54) is 0 Å². The lowest BCUT2D eigenvalue weighted by atomic mass is 10.1. The number of benzene rings is 1. The average molecular weight is 390 g/mol. The van der Waals surface area contributed by atoms with Gasteiger partial charge in [-0.05, 0) is 43.0 Å². The maximum Gasteiger partial charge on any atom is 0.318 e. The number of amides is 2. The van der Waals surface area contributed by atoms with Crippen LogP contribution in [-0.4, -0.2) is 45.2 Å². The third kappa shape index (κ3) is 4.87. The molecule has 2 heterocycles. The van der Waals surface area contributed by atoms with Crippen molar-refractivity contribution in [2.45, 2.75) is 39.4 Å². The molecule has 3 N–H and O–H groups in total. The molecule has 0 radical (unpaired) electrons. The summed E-state index contributed by atoms with van der Waals surface area (Å²) in [6.07, 6.45) is 2.51. The minimum Gasteiger partial charge on any atom is -0.394 e. The highest BCUT2D eigenvalue weighted by Crippen LogP contribution is 2.19. The number of halogens is 1. The van der Waals surface area contributed by atoms with Gasteiger partial charge < -0.3 is 20.6 Å². The molecule has 0 saturated heterocycles.